The Labute approximate surface area is 360 Å². The average molecular weight is 862 g/mol. The molecule has 0 bridgehead atoms. The van der Waals surface area contributed by atoms with Gasteiger partial charge in [-0.2, -0.15) is 0 Å². The fourth-order valence-electron chi connectivity index (χ4n) is 7.05. The second kappa shape index (κ2) is 20.5. The fourth-order valence-corrected chi connectivity index (χ4v) is 8.00. The summed E-state index contributed by atoms with van der Waals surface area (Å²) in [7, 11) is -4.02. The number of H-pyrrole nitrogens is 1. The average Bonchev–Trinajstić information content (AvgIpc) is 3.66. The van der Waals surface area contributed by atoms with Gasteiger partial charge in [-0.15, -0.1) is 0 Å². The number of carbonyl (C=O) groups is 5. The Hall–Kier alpha value is -7.01. The molecule has 324 valence electrons. The molecular weight excluding hydrogens is 811 g/mol. The number of guanidine groups is 1. The number of hydrogen-bond acceptors (Lipinski definition) is 8. The van der Waals surface area contributed by atoms with Crippen LogP contribution in [0.2, 0.25) is 0 Å². The van der Waals surface area contributed by atoms with E-state index in [-0.39, 0.29) is 49.5 Å². The highest BCUT2D eigenvalue weighted by Crippen LogP contribution is 2.20. The van der Waals surface area contributed by atoms with E-state index in [4.69, 9.17) is 5.73 Å². The molecule has 5 unspecified atom stereocenters. The Bertz CT molecular complexity index is 2510. The van der Waals surface area contributed by atoms with Crippen LogP contribution in [0.3, 0.4) is 0 Å². The van der Waals surface area contributed by atoms with E-state index in [2.05, 4.69) is 41.3 Å². The Morgan fingerprint density at radius 2 is 1.13 bits per heavy atom. The molecule has 17 heteroatoms. The first kappa shape index (κ1) is 44.5. The summed E-state index contributed by atoms with van der Waals surface area (Å²) in [4.78, 5) is 77.9. The van der Waals surface area contributed by atoms with Crippen LogP contribution in [-0.4, -0.2) is 85.7 Å². The summed E-state index contributed by atoms with van der Waals surface area (Å²) in [6, 6.07) is 25.7. The molecular formula is C45H51N9O7S. The molecule has 1 fully saturated rings. The van der Waals surface area contributed by atoms with Crippen molar-refractivity contribution in [3.05, 3.63) is 138 Å². The van der Waals surface area contributed by atoms with Crippen molar-refractivity contribution in [1.29, 1.82) is 0 Å². The maximum Gasteiger partial charge on any atom is 0.264 e. The van der Waals surface area contributed by atoms with Crippen molar-refractivity contribution in [3.63, 3.8) is 0 Å². The van der Waals surface area contributed by atoms with Gasteiger partial charge in [0.25, 0.3) is 10.0 Å². The first-order chi connectivity index (χ1) is 29.8. The minimum absolute atomic E-state index is 0.00105. The zero-order valence-corrected chi connectivity index (χ0v) is 35.2. The number of amides is 5. The molecule has 0 aliphatic carbocycles. The van der Waals surface area contributed by atoms with E-state index in [0.29, 0.717) is 5.56 Å². The van der Waals surface area contributed by atoms with Crippen molar-refractivity contribution in [1.82, 2.24) is 36.3 Å². The van der Waals surface area contributed by atoms with Crippen LogP contribution >= 0.6 is 0 Å². The highest BCUT2D eigenvalue weighted by Gasteiger charge is 2.34. The van der Waals surface area contributed by atoms with E-state index in [1.807, 2.05) is 43.3 Å². The quantitative estimate of drug-likeness (QED) is 0.0523. The summed E-state index contributed by atoms with van der Waals surface area (Å²) < 4.78 is 28.0. The van der Waals surface area contributed by atoms with Gasteiger partial charge in [-0.1, -0.05) is 96.6 Å². The molecule has 5 aromatic rings. The monoisotopic (exact) mass is 861 g/mol. The zero-order chi connectivity index (χ0) is 44.2. The minimum atomic E-state index is -4.02. The number of rotatable bonds is 12. The molecule has 0 spiro atoms. The summed E-state index contributed by atoms with van der Waals surface area (Å²) >= 11 is 0. The molecule has 1 saturated heterocycles. The number of nitrogens with zero attached hydrogens (tertiary/aromatic N) is 1. The lowest BCUT2D eigenvalue weighted by Crippen LogP contribution is -2.58. The first-order valence-corrected chi connectivity index (χ1v) is 21.8. The maximum atomic E-state index is 14.4. The number of aromatic nitrogens is 1. The molecule has 62 heavy (non-hydrogen) atoms. The molecule has 1 aliphatic heterocycles. The van der Waals surface area contributed by atoms with Crippen molar-refractivity contribution >= 4 is 56.4 Å². The smallest absolute Gasteiger partial charge is 0.264 e. The maximum absolute atomic E-state index is 14.4. The van der Waals surface area contributed by atoms with Crippen molar-refractivity contribution < 1.29 is 32.4 Å². The number of para-hydroxylation sites is 1. The van der Waals surface area contributed by atoms with Gasteiger partial charge in [0.15, 0.2) is 0 Å². The number of carbonyl (C=O) groups excluding carboxylic acids is 5. The molecule has 1 aromatic heterocycles. The Morgan fingerprint density at radius 3 is 1.74 bits per heavy atom. The molecule has 0 radical (unpaired) electrons. The van der Waals surface area contributed by atoms with E-state index in [1.54, 1.807) is 66.9 Å². The largest absolute Gasteiger partial charge is 0.369 e. The summed E-state index contributed by atoms with van der Waals surface area (Å²) in [5.74, 6) is -3.75. The Kier molecular flexibility index (Phi) is 14.7. The lowest BCUT2D eigenvalue weighted by atomic mass is 10.0. The SMILES string of the molecule is Cc1ccc(S(=O)(=O)NC(N)=NCCCC2NC(=O)C(Cc3ccccc3)NC(=O)C(Cc3c[nH]c4ccccc34)NC(=O)C(C)NC(=O)C(Cc3ccccc3)NC2=O)cc1. The number of aliphatic imine (C=N–C) groups is 1. The van der Waals surface area contributed by atoms with Crippen LogP contribution < -0.4 is 37.0 Å². The van der Waals surface area contributed by atoms with E-state index in [1.165, 1.54) is 19.1 Å². The second-order valence-electron chi connectivity index (χ2n) is 15.2. The Balaban J connectivity index is 1.29. The molecule has 4 aromatic carbocycles. The molecule has 6 rings (SSSR count). The van der Waals surface area contributed by atoms with Gasteiger partial charge in [0.2, 0.25) is 35.5 Å². The first-order valence-electron chi connectivity index (χ1n) is 20.3. The van der Waals surface area contributed by atoms with Crippen molar-refractivity contribution in [2.24, 2.45) is 10.7 Å². The Morgan fingerprint density at radius 1 is 0.629 bits per heavy atom. The van der Waals surface area contributed by atoms with Crippen LogP contribution in [-0.2, 0) is 53.3 Å². The standard InChI is InChI=1S/C45H51N9O7S/c1-28-19-21-33(22-20-28)62(60,61)54-45(46)47-23-11-18-36-41(56)52-37(24-30-12-5-3-6-13-30)42(57)49-29(2)40(55)51-39(26-32-27-48-35-17-10-9-16-34(32)35)44(59)53-38(43(58)50-36)25-31-14-7-4-8-15-31/h3-10,12-17,19-22,27,29,36-39,48H,11,18,23-26H2,1-2H3,(H,49,57)(H,50,58)(H,51,55)(H,52,56)(H,53,59)(H3,46,47,54). The molecule has 0 saturated carbocycles. The van der Waals surface area contributed by atoms with Gasteiger partial charge in [0.1, 0.15) is 30.2 Å². The highest BCUT2D eigenvalue weighted by molar-refractivity contribution is 7.90. The summed E-state index contributed by atoms with van der Waals surface area (Å²) in [5.41, 5.74) is 9.85. The van der Waals surface area contributed by atoms with Crippen LogP contribution in [0.1, 0.15) is 42.0 Å². The molecule has 9 N–H and O–H groups in total. The van der Waals surface area contributed by atoms with Crippen molar-refractivity contribution in [3.8, 4) is 0 Å². The number of hydrogen-bond donors (Lipinski definition) is 8. The van der Waals surface area contributed by atoms with E-state index < -0.39 is 69.8 Å². The number of fused-ring (bicyclic) bond motifs is 1. The molecule has 16 nitrogen and oxygen atoms in total. The number of benzene rings is 4. The number of sulfonamides is 1. The zero-order valence-electron chi connectivity index (χ0n) is 34.4. The molecule has 2 heterocycles. The summed E-state index contributed by atoms with van der Waals surface area (Å²) in [6.07, 6.45) is 2.01. The van der Waals surface area contributed by atoms with Gasteiger partial charge in [-0.3, -0.25) is 29.0 Å². The van der Waals surface area contributed by atoms with Crippen LogP contribution in [0, 0.1) is 6.92 Å². The summed E-state index contributed by atoms with van der Waals surface area (Å²) in [6.45, 7) is 3.27. The van der Waals surface area contributed by atoms with Gasteiger partial charge in [-0.05, 0) is 61.6 Å². The number of aromatic amines is 1. The van der Waals surface area contributed by atoms with Crippen LogP contribution in [0.5, 0.6) is 0 Å². The van der Waals surface area contributed by atoms with Crippen molar-refractivity contribution in [2.45, 2.75) is 81.1 Å². The van der Waals surface area contributed by atoms with Gasteiger partial charge in [-0.25, -0.2) is 13.1 Å². The fraction of sp³-hybridized carbons (Fsp3) is 0.289. The van der Waals surface area contributed by atoms with E-state index in [0.717, 1.165) is 27.6 Å². The van der Waals surface area contributed by atoms with Crippen LogP contribution in [0.25, 0.3) is 10.9 Å². The van der Waals surface area contributed by atoms with E-state index in [9.17, 15) is 32.4 Å². The second-order valence-corrected chi connectivity index (χ2v) is 16.9. The van der Waals surface area contributed by atoms with Gasteiger partial charge >= 0.3 is 0 Å². The van der Waals surface area contributed by atoms with Crippen molar-refractivity contribution in [2.75, 3.05) is 6.54 Å². The summed E-state index contributed by atoms with van der Waals surface area (Å²) in [5, 5.41) is 14.8. The minimum Gasteiger partial charge on any atom is -0.369 e. The topological polar surface area (TPSA) is 246 Å². The molecule has 1 aliphatic rings. The van der Waals surface area contributed by atoms with Gasteiger partial charge in [0, 0.05) is 42.9 Å². The number of aryl methyl sites for hydroxylation is 1. The molecule has 5 amide bonds. The van der Waals surface area contributed by atoms with Gasteiger partial charge in [0.05, 0.1) is 4.90 Å². The molecule has 5 atom stereocenters. The predicted molar refractivity (Wildman–Crippen MR) is 235 cm³/mol. The highest BCUT2D eigenvalue weighted by atomic mass is 32.2. The lowest BCUT2D eigenvalue weighted by Gasteiger charge is -2.26. The third kappa shape index (κ3) is 12.1. The predicted octanol–water partition coefficient (Wildman–Crippen LogP) is 2.04. The third-order valence-electron chi connectivity index (χ3n) is 10.5. The van der Waals surface area contributed by atoms with Gasteiger partial charge < -0.3 is 37.3 Å². The van der Waals surface area contributed by atoms with E-state index >= 15 is 0 Å². The lowest BCUT2D eigenvalue weighted by molar-refractivity contribution is -0.134. The van der Waals surface area contributed by atoms with Crippen LogP contribution in [0.15, 0.2) is 125 Å². The third-order valence-corrected chi connectivity index (χ3v) is 11.8. The number of nitrogens with one attached hydrogen (secondary N) is 7. The number of nitrogens with two attached hydrogens (primary N) is 1. The van der Waals surface area contributed by atoms with Crippen LogP contribution in [0.4, 0.5) is 0 Å². The normalized spacial score (nSPS) is 20.8.